The van der Waals surface area contributed by atoms with Gasteiger partial charge in [0.1, 0.15) is 5.75 Å². The molecule has 0 aliphatic carbocycles. The molecule has 0 heterocycles. The summed E-state index contributed by atoms with van der Waals surface area (Å²) in [5.74, 6) is 0.886. The van der Waals surface area contributed by atoms with Crippen LogP contribution in [0.3, 0.4) is 0 Å². The van der Waals surface area contributed by atoms with Crippen molar-refractivity contribution in [1.29, 1.82) is 0 Å². The van der Waals surface area contributed by atoms with E-state index in [-0.39, 0.29) is 18.1 Å². The predicted octanol–water partition coefficient (Wildman–Crippen LogP) is 2.09. The minimum absolute atomic E-state index is 0.0251. The van der Waals surface area contributed by atoms with Crippen LogP contribution in [0.1, 0.15) is 33.3 Å². The maximum atomic E-state index is 11.6. The Balaban J connectivity index is 2.51. The molecular weight excluding hydrogens is 240 g/mol. The molecule has 0 aromatic heterocycles. The van der Waals surface area contributed by atoms with E-state index in [0.717, 1.165) is 11.3 Å². The summed E-state index contributed by atoms with van der Waals surface area (Å²) < 4.78 is 5.64. The molecule has 0 saturated heterocycles. The molecule has 1 amide bonds. The molecule has 2 N–H and O–H groups in total. The molecule has 0 aliphatic rings. The second-order valence-corrected chi connectivity index (χ2v) is 4.81. The van der Waals surface area contributed by atoms with E-state index in [2.05, 4.69) is 10.6 Å². The second kappa shape index (κ2) is 7.79. The third-order valence-electron chi connectivity index (χ3n) is 2.63. The topological polar surface area (TPSA) is 50.4 Å². The van der Waals surface area contributed by atoms with Gasteiger partial charge in [-0.1, -0.05) is 12.1 Å². The standard InChI is InChI=1S/C15H24N2O2/c1-5-16-15(18)12(4)17-10-13-7-6-8-14(9-13)19-11(2)3/h6-9,11-12,17H,5,10H2,1-4H3,(H,16,18). The van der Waals surface area contributed by atoms with Crippen LogP contribution in [-0.2, 0) is 11.3 Å². The maximum absolute atomic E-state index is 11.6. The Kier molecular flexibility index (Phi) is 6.36. The number of ether oxygens (including phenoxy) is 1. The third kappa shape index (κ3) is 5.75. The van der Waals surface area contributed by atoms with Crippen molar-refractivity contribution in [3.8, 4) is 5.75 Å². The summed E-state index contributed by atoms with van der Waals surface area (Å²) in [6, 6.07) is 7.72. The molecule has 0 aliphatic heterocycles. The molecule has 1 aromatic rings. The summed E-state index contributed by atoms with van der Waals surface area (Å²) in [6.07, 6.45) is 0.164. The van der Waals surface area contributed by atoms with Crippen molar-refractivity contribution in [1.82, 2.24) is 10.6 Å². The van der Waals surface area contributed by atoms with Gasteiger partial charge in [-0.3, -0.25) is 4.79 Å². The summed E-state index contributed by atoms with van der Waals surface area (Å²) in [6.45, 7) is 9.08. The molecule has 4 nitrogen and oxygen atoms in total. The fourth-order valence-electron chi connectivity index (χ4n) is 1.69. The van der Waals surface area contributed by atoms with Crippen LogP contribution in [0.25, 0.3) is 0 Å². The Labute approximate surface area is 115 Å². The molecule has 0 fully saturated rings. The second-order valence-electron chi connectivity index (χ2n) is 4.81. The molecule has 0 bridgehead atoms. The smallest absolute Gasteiger partial charge is 0.236 e. The van der Waals surface area contributed by atoms with Crippen molar-refractivity contribution in [2.24, 2.45) is 0 Å². The van der Waals surface area contributed by atoms with Gasteiger partial charge in [-0.2, -0.15) is 0 Å². The molecule has 19 heavy (non-hydrogen) atoms. The number of likely N-dealkylation sites (N-methyl/N-ethyl adjacent to an activating group) is 1. The molecule has 1 rings (SSSR count). The third-order valence-corrected chi connectivity index (χ3v) is 2.63. The Bertz CT molecular complexity index is 405. The zero-order chi connectivity index (χ0) is 14.3. The van der Waals surface area contributed by atoms with Crippen LogP contribution >= 0.6 is 0 Å². The number of nitrogens with one attached hydrogen (secondary N) is 2. The van der Waals surface area contributed by atoms with E-state index >= 15 is 0 Å². The average Bonchev–Trinajstić information content (AvgIpc) is 2.36. The number of rotatable bonds is 7. The van der Waals surface area contributed by atoms with E-state index in [1.165, 1.54) is 0 Å². The average molecular weight is 264 g/mol. The number of carbonyl (C=O) groups is 1. The van der Waals surface area contributed by atoms with E-state index in [1.54, 1.807) is 0 Å². The normalized spacial score (nSPS) is 12.3. The first-order valence-corrected chi connectivity index (χ1v) is 6.79. The van der Waals surface area contributed by atoms with E-state index < -0.39 is 0 Å². The van der Waals surface area contributed by atoms with Gasteiger partial charge in [-0.05, 0) is 45.4 Å². The predicted molar refractivity (Wildman–Crippen MR) is 77.2 cm³/mol. The largest absolute Gasteiger partial charge is 0.491 e. The molecule has 1 atom stereocenters. The van der Waals surface area contributed by atoms with Gasteiger partial charge in [0.2, 0.25) is 5.91 Å². The lowest BCUT2D eigenvalue weighted by atomic mass is 10.2. The van der Waals surface area contributed by atoms with Crippen LogP contribution in [0.4, 0.5) is 0 Å². The number of amides is 1. The highest BCUT2D eigenvalue weighted by atomic mass is 16.5. The summed E-state index contributed by atoms with van der Waals surface area (Å²) in [5.41, 5.74) is 1.11. The van der Waals surface area contributed by atoms with Crippen molar-refractivity contribution in [3.05, 3.63) is 29.8 Å². The minimum Gasteiger partial charge on any atom is -0.491 e. The van der Waals surface area contributed by atoms with Gasteiger partial charge in [0.15, 0.2) is 0 Å². The molecule has 0 saturated carbocycles. The van der Waals surface area contributed by atoms with Crippen LogP contribution in [0.15, 0.2) is 24.3 Å². The van der Waals surface area contributed by atoms with Crippen molar-refractivity contribution >= 4 is 5.91 Å². The van der Waals surface area contributed by atoms with Crippen molar-refractivity contribution in [2.75, 3.05) is 6.54 Å². The molecule has 0 spiro atoms. The lowest BCUT2D eigenvalue weighted by molar-refractivity contribution is -0.122. The van der Waals surface area contributed by atoms with Gasteiger partial charge in [0.25, 0.3) is 0 Å². The lowest BCUT2D eigenvalue weighted by Crippen LogP contribution is -2.41. The minimum atomic E-state index is -0.199. The highest BCUT2D eigenvalue weighted by Crippen LogP contribution is 2.14. The molecular formula is C15H24N2O2. The van der Waals surface area contributed by atoms with E-state index in [9.17, 15) is 4.79 Å². The van der Waals surface area contributed by atoms with Crippen molar-refractivity contribution in [3.63, 3.8) is 0 Å². The van der Waals surface area contributed by atoms with Crippen LogP contribution in [0.2, 0.25) is 0 Å². The Hall–Kier alpha value is -1.55. The van der Waals surface area contributed by atoms with Crippen LogP contribution in [-0.4, -0.2) is 24.6 Å². The SMILES string of the molecule is CCNC(=O)C(C)NCc1cccc(OC(C)C)c1. The Morgan fingerprint density at radius 3 is 2.68 bits per heavy atom. The van der Waals surface area contributed by atoms with Gasteiger partial charge < -0.3 is 15.4 Å². The molecule has 4 heteroatoms. The van der Waals surface area contributed by atoms with E-state index in [4.69, 9.17) is 4.74 Å². The van der Waals surface area contributed by atoms with Gasteiger partial charge in [0, 0.05) is 13.1 Å². The number of hydrogen-bond donors (Lipinski definition) is 2. The molecule has 1 aromatic carbocycles. The van der Waals surface area contributed by atoms with Gasteiger partial charge in [0.05, 0.1) is 12.1 Å². The summed E-state index contributed by atoms with van der Waals surface area (Å²) in [5, 5.41) is 5.99. The van der Waals surface area contributed by atoms with Gasteiger partial charge in [-0.25, -0.2) is 0 Å². The van der Waals surface area contributed by atoms with Gasteiger partial charge in [-0.15, -0.1) is 0 Å². The Morgan fingerprint density at radius 1 is 1.32 bits per heavy atom. The lowest BCUT2D eigenvalue weighted by Gasteiger charge is -2.14. The summed E-state index contributed by atoms with van der Waals surface area (Å²) >= 11 is 0. The zero-order valence-electron chi connectivity index (χ0n) is 12.2. The molecule has 0 radical (unpaired) electrons. The quantitative estimate of drug-likeness (QED) is 0.793. The summed E-state index contributed by atoms with van der Waals surface area (Å²) in [7, 11) is 0. The Morgan fingerprint density at radius 2 is 2.05 bits per heavy atom. The van der Waals surface area contributed by atoms with E-state index in [0.29, 0.717) is 13.1 Å². The van der Waals surface area contributed by atoms with Gasteiger partial charge >= 0.3 is 0 Å². The first kappa shape index (κ1) is 15.5. The summed E-state index contributed by atoms with van der Waals surface area (Å²) in [4.78, 5) is 11.6. The van der Waals surface area contributed by atoms with Crippen LogP contribution in [0.5, 0.6) is 5.75 Å². The zero-order valence-corrected chi connectivity index (χ0v) is 12.2. The van der Waals surface area contributed by atoms with Crippen molar-refractivity contribution < 1.29 is 9.53 Å². The highest BCUT2D eigenvalue weighted by Gasteiger charge is 2.10. The fourth-order valence-corrected chi connectivity index (χ4v) is 1.69. The first-order chi connectivity index (χ1) is 9.02. The van der Waals surface area contributed by atoms with Crippen LogP contribution in [0, 0.1) is 0 Å². The maximum Gasteiger partial charge on any atom is 0.236 e. The number of hydrogen-bond acceptors (Lipinski definition) is 3. The molecule has 1 unspecified atom stereocenters. The fraction of sp³-hybridized carbons (Fsp3) is 0.533. The highest BCUT2D eigenvalue weighted by molar-refractivity contribution is 5.81. The number of carbonyl (C=O) groups excluding carboxylic acids is 1. The first-order valence-electron chi connectivity index (χ1n) is 6.79. The monoisotopic (exact) mass is 264 g/mol. The number of benzene rings is 1. The van der Waals surface area contributed by atoms with Crippen LogP contribution < -0.4 is 15.4 Å². The van der Waals surface area contributed by atoms with Crippen molar-refractivity contribution in [2.45, 2.75) is 46.4 Å². The van der Waals surface area contributed by atoms with E-state index in [1.807, 2.05) is 52.0 Å². The molecule has 106 valence electrons.